The van der Waals surface area contributed by atoms with Crippen molar-refractivity contribution in [2.75, 3.05) is 26.2 Å². The number of thiophene rings is 1. The summed E-state index contributed by atoms with van der Waals surface area (Å²) in [6, 6.07) is 2.42. The highest BCUT2D eigenvalue weighted by Crippen LogP contribution is 2.27. The minimum atomic E-state index is -0.0963. The Balaban J connectivity index is 1.42. The fourth-order valence-electron chi connectivity index (χ4n) is 4.18. The molecule has 4 heteroatoms. The topological polar surface area (TPSA) is 26.7 Å². The van der Waals surface area contributed by atoms with Crippen molar-refractivity contribution in [1.29, 1.82) is 0 Å². The average Bonchev–Trinajstić information content (AvgIpc) is 3.20. The van der Waals surface area contributed by atoms with E-state index < -0.39 is 0 Å². The van der Waals surface area contributed by atoms with Crippen LogP contribution in [0.2, 0.25) is 0 Å². The Morgan fingerprint density at radius 2 is 1.75 bits per heavy atom. The predicted octanol–water partition coefficient (Wildman–Crippen LogP) is 3.96. The normalized spacial score (nSPS) is 22.5. The number of likely N-dealkylation sites (tertiary alicyclic amines) is 2. The molecule has 2 aliphatic heterocycles. The van der Waals surface area contributed by atoms with Gasteiger partial charge in [-0.15, -0.1) is 11.3 Å². The highest BCUT2D eigenvalue weighted by atomic mass is 32.1. The van der Waals surface area contributed by atoms with Crippen LogP contribution in [0, 0.1) is 11.8 Å². The molecule has 2 fully saturated rings. The van der Waals surface area contributed by atoms with Gasteiger partial charge in [0.25, 0.3) is 0 Å². The molecule has 2 saturated heterocycles. The van der Waals surface area contributed by atoms with Crippen LogP contribution in [0.3, 0.4) is 0 Å². The Kier molecular flexibility index (Phi) is 6.73. The Hall–Kier alpha value is -0.420. The molecular formula is C20H34N2OS. The second kappa shape index (κ2) is 8.79. The lowest BCUT2D eigenvalue weighted by Crippen LogP contribution is -2.37. The molecule has 24 heavy (non-hydrogen) atoms. The van der Waals surface area contributed by atoms with Gasteiger partial charge in [-0.05, 0) is 87.1 Å². The lowest BCUT2D eigenvalue weighted by Gasteiger charge is -2.34. The molecule has 3 heterocycles. The lowest BCUT2D eigenvalue weighted by atomic mass is 9.87. The van der Waals surface area contributed by atoms with Crippen LogP contribution in [0.25, 0.3) is 0 Å². The van der Waals surface area contributed by atoms with Crippen LogP contribution in [0.4, 0.5) is 0 Å². The first-order valence-electron chi connectivity index (χ1n) is 9.79. The molecule has 2 aliphatic rings. The van der Waals surface area contributed by atoms with Gasteiger partial charge in [-0.1, -0.05) is 13.8 Å². The van der Waals surface area contributed by atoms with Gasteiger partial charge < -0.3 is 5.11 Å². The van der Waals surface area contributed by atoms with E-state index in [0.717, 1.165) is 45.4 Å². The molecule has 136 valence electrons. The van der Waals surface area contributed by atoms with E-state index in [2.05, 4.69) is 35.1 Å². The van der Waals surface area contributed by atoms with Crippen molar-refractivity contribution in [2.24, 2.45) is 11.8 Å². The van der Waals surface area contributed by atoms with Crippen molar-refractivity contribution >= 4 is 11.3 Å². The monoisotopic (exact) mass is 350 g/mol. The van der Waals surface area contributed by atoms with Crippen molar-refractivity contribution in [2.45, 2.75) is 65.1 Å². The van der Waals surface area contributed by atoms with E-state index in [1.807, 2.05) is 11.3 Å². The minimum absolute atomic E-state index is 0.0963. The SMILES string of the molecule is CC(C)C[C@@H](O)C1CCN(Cc2cc(CN3CCCC3)cs2)CC1. The molecule has 1 atom stereocenters. The molecule has 0 bridgehead atoms. The number of nitrogens with zero attached hydrogens (tertiary/aromatic N) is 2. The Bertz CT molecular complexity index is 488. The van der Waals surface area contributed by atoms with Crippen LogP contribution in [-0.4, -0.2) is 47.2 Å². The van der Waals surface area contributed by atoms with Crippen molar-refractivity contribution in [3.8, 4) is 0 Å². The largest absolute Gasteiger partial charge is 0.393 e. The molecule has 3 nitrogen and oxygen atoms in total. The summed E-state index contributed by atoms with van der Waals surface area (Å²) < 4.78 is 0. The lowest BCUT2D eigenvalue weighted by molar-refractivity contribution is 0.0439. The smallest absolute Gasteiger partial charge is 0.0571 e. The standard InChI is InChI=1S/C20H34N2OS/c1-16(2)11-20(23)18-5-9-22(10-6-18)14-19-12-17(15-24-19)13-21-7-3-4-8-21/h12,15-16,18,20,23H,3-11,13-14H2,1-2H3/t20-/m1/s1. The predicted molar refractivity (Wildman–Crippen MR) is 102 cm³/mol. The molecule has 0 spiro atoms. The summed E-state index contributed by atoms with van der Waals surface area (Å²) in [4.78, 5) is 6.66. The van der Waals surface area contributed by atoms with Crippen molar-refractivity contribution in [3.63, 3.8) is 0 Å². The van der Waals surface area contributed by atoms with Gasteiger partial charge >= 0.3 is 0 Å². The van der Waals surface area contributed by atoms with Gasteiger partial charge in [0.1, 0.15) is 0 Å². The minimum Gasteiger partial charge on any atom is -0.393 e. The van der Waals surface area contributed by atoms with Crippen LogP contribution < -0.4 is 0 Å². The van der Waals surface area contributed by atoms with Gasteiger partial charge in [0.2, 0.25) is 0 Å². The zero-order valence-corrected chi connectivity index (χ0v) is 16.2. The second-order valence-electron chi connectivity index (χ2n) is 8.21. The highest BCUT2D eigenvalue weighted by molar-refractivity contribution is 7.10. The van der Waals surface area contributed by atoms with Gasteiger partial charge in [0.05, 0.1) is 6.10 Å². The molecule has 1 aromatic heterocycles. The summed E-state index contributed by atoms with van der Waals surface area (Å²) in [5.41, 5.74) is 1.50. The number of piperidine rings is 1. The van der Waals surface area contributed by atoms with Crippen LogP contribution >= 0.6 is 11.3 Å². The molecule has 3 rings (SSSR count). The average molecular weight is 351 g/mol. The fraction of sp³-hybridized carbons (Fsp3) is 0.800. The van der Waals surface area contributed by atoms with E-state index in [-0.39, 0.29) is 6.10 Å². The zero-order valence-electron chi connectivity index (χ0n) is 15.4. The Morgan fingerprint density at radius 3 is 2.42 bits per heavy atom. The third-order valence-electron chi connectivity index (χ3n) is 5.58. The molecule has 0 amide bonds. The second-order valence-corrected chi connectivity index (χ2v) is 9.21. The molecule has 0 aliphatic carbocycles. The third kappa shape index (κ3) is 5.29. The molecule has 1 aromatic rings. The summed E-state index contributed by atoms with van der Waals surface area (Å²) in [5, 5.41) is 12.7. The first kappa shape index (κ1) is 18.4. The van der Waals surface area contributed by atoms with Gasteiger partial charge in [-0.2, -0.15) is 0 Å². The van der Waals surface area contributed by atoms with E-state index in [0.29, 0.717) is 11.8 Å². The highest BCUT2D eigenvalue weighted by Gasteiger charge is 2.25. The number of hydrogen-bond donors (Lipinski definition) is 1. The van der Waals surface area contributed by atoms with E-state index in [9.17, 15) is 5.11 Å². The Morgan fingerprint density at radius 1 is 1.08 bits per heavy atom. The van der Waals surface area contributed by atoms with Gasteiger partial charge in [-0.25, -0.2) is 0 Å². The van der Waals surface area contributed by atoms with Crippen molar-refractivity contribution in [3.05, 3.63) is 21.9 Å². The fourth-order valence-corrected chi connectivity index (χ4v) is 5.10. The third-order valence-corrected chi connectivity index (χ3v) is 6.55. The molecular weight excluding hydrogens is 316 g/mol. The van der Waals surface area contributed by atoms with Crippen LogP contribution in [0.1, 0.15) is 56.4 Å². The van der Waals surface area contributed by atoms with E-state index >= 15 is 0 Å². The van der Waals surface area contributed by atoms with Gasteiger partial charge in [0.15, 0.2) is 0 Å². The summed E-state index contributed by atoms with van der Waals surface area (Å²) in [6.45, 7) is 11.5. The van der Waals surface area contributed by atoms with Gasteiger partial charge in [0, 0.05) is 18.0 Å². The number of aliphatic hydroxyl groups excluding tert-OH is 1. The maximum absolute atomic E-state index is 10.3. The quantitative estimate of drug-likeness (QED) is 0.806. The summed E-state index contributed by atoms with van der Waals surface area (Å²) >= 11 is 1.92. The summed E-state index contributed by atoms with van der Waals surface area (Å²) in [6.07, 6.45) is 5.90. The van der Waals surface area contributed by atoms with Crippen molar-refractivity contribution < 1.29 is 5.11 Å². The number of hydrogen-bond acceptors (Lipinski definition) is 4. The van der Waals surface area contributed by atoms with Crippen molar-refractivity contribution in [1.82, 2.24) is 9.80 Å². The molecule has 0 saturated carbocycles. The molecule has 0 radical (unpaired) electrons. The van der Waals surface area contributed by atoms with Crippen LogP contribution in [0.5, 0.6) is 0 Å². The van der Waals surface area contributed by atoms with Crippen LogP contribution in [0.15, 0.2) is 11.4 Å². The summed E-state index contributed by atoms with van der Waals surface area (Å²) in [5.74, 6) is 1.11. The van der Waals surface area contributed by atoms with E-state index in [4.69, 9.17) is 0 Å². The first-order chi connectivity index (χ1) is 11.6. The van der Waals surface area contributed by atoms with Crippen LogP contribution in [-0.2, 0) is 13.1 Å². The molecule has 0 unspecified atom stereocenters. The Labute approximate surface area is 151 Å². The van der Waals surface area contributed by atoms with E-state index in [1.54, 1.807) is 0 Å². The number of rotatable bonds is 7. The maximum Gasteiger partial charge on any atom is 0.0571 e. The first-order valence-corrected chi connectivity index (χ1v) is 10.7. The number of aliphatic hydroxyl groups is 1. The molecule has 0 aromatic carbocycles. The maximum atomic E-state index is 10.3. The van der Waals surface area contributed by atoms with Gasteiger partial charge in [-0.3, -0.25) is 9.80 Å². The van der Waals surface area contributed by atoms with E-state index in [1.165, 1.54) is 36.4 Å². The summed E-state index contributed by atoms with van der Waals surface area (Å²) in [7, 11) is 0. The zero-order chi connectivity index (χ0) is 16.9. The molecule has 1 N–H and O–H groups in total.